The fourth-order valence-electron chi connectivity index (χ4n) is 3.33. The maximum atomic E-state index is 12.5. The van der Waals surface area contributed by atoms with Crippen molar-refractivity contribution < 1.29 is 4.79 Å². The monoisotopic (exact) mass is 391 g/mol. The summed E-state index contributed by atoms with van der Waals surface area (Å²) >= 11 is 1.31. The number of thioether (sulfide) groups is 1. The maximum absolute atomic E-state index is 12.5. The van der Waals surface area contributed by atoms with E-state index < -0.39 is 0 Å². The van der Waals surface area contributed by atoms with E-state index in [1.54, 1.807) is 4.52 Å². The number of hydrogen-bond donors (Lipinski definition) is 1. The highest BCUT2D eigenvalue weighted by Crippen LogP contribution is 2.24. The van der Waals surface area contributed by atoms with Crippen molar-refractivity contribution in [2.24, 2.45) is 0 Å². The third-order valence-corrected chi connectivity index (χ3v) is 5.44. The molecule has 0 aliphatic rings. The number of fused-ring (bicyclic) bond motifs is 2. The van der Waals surface area contributed by atoms with Crippen molar-refractivity contribution in [3.8, 4) is 0 Å². The van der Waals surface area contributed by atoms with Gasteiger partial charge >= 0.3 is 0 Å². The Balaban J connectivity index is 1.44. The number of nitrogens with one attached hydrogen (secondary N) is 1. The number of carbonyl (C=O) groups is 1. The van der Waals surface area contributed by atoms with Crippen molar-refractivity contribution in [2.45, 2.75) is 32.0 Å². The van der Waals surface area contributed by atoms with Crippen LogP contribution in [0.3, 0.4) is 0 Å². The molecule has 0 fully saturated rings. The molecule has 142 valence electrons. The van der Waals surface area contributed by atoms with Crippen LogP contribution in [0.1, 0.15) is 29.9 Å². The molecular weight excluding hydrogens is 370 g/mol. The molecule has 2 aromatic heterocycles. The Bertz CT molecular complexity index is 1160. The van der Waals surface area contributed by atoms with Crippen molar-refractivity contribution >= 4 is 34.2 Å². The number of nitrogens with zero attached hydrogens (tertiary/aromatic N) is 4. The van der Waals surface area contributed by atoms with Gasteiger partial charge in [-0.15, -0.1) is 5.10 Å². The van der Waals surface area contributed by atoms with Crippen LogP contribution in [0.5, 0.6) is 0 Å². The number of benzene rings is 2. The van der Waals surface area contributed by atoms with Crippen LogP contribution in [-0.4, -0.2) is 31.2 Å². The lowest BCUT2D eigenvalue weighted by Gasteiger charge is -2.16. The minimum atomic E-state index is -0.0835. The van der Waals surface area contributed by atoms with E-state index in [4.69, 9.17) is 0 Å². The van der Waals surface area contributed by atoms with Crippen LogP contribution in [0.4, 0.5) is 0 Å². The zero-order chi connectivity index (χ0) is 19.7. The normalized spacial score (nSPS) is 12.4. The second-order valence-electron chi connectivity index (χ2n) is 6.79. The Hall–Kier alpha value is -2.93. The van der Waals surface area contributed by atoms with E-state index >= 15 is 0 Å². The Labute approximate surface area is 167 Å². The standard InChI is InChI=1S/C21H21N5OS/c1-13-11-14(2)26-20(22-13)24-21(25-26)28-12-19(27)23-15(3)17-10-6-8-16-7-4-5-9-18(16)17/h4-11,15H,12H2,1-3H3,(H,23,27)/t15-/m0/s1. The van der Waals surface area contributed by atoms with Crippen molar-refractivity contribution in [3.05, 3.63) is 65.5 Å². The van der Waals surface area contributed by atoms with Gasteiger partial charge in [0.25, 0.3) is 5.78 Å². The highest BCUT2D eigenvalue weighted by molar-refractivity contribution is 7.99. The molecule has 0 aliphatic carbocycles. The van der Waals surface area contributed by atoms with Crippen LogP contribution in [-0.2, 0) is 4.79 Å². The summed E-state index contributed by atoms with van der Waals surface area (Å²) in [5, 5.41) is 10.4. The zero-order valence-electron chi connectivity index (χ0n) is 16.0. The first kappa shape index (κ1) is 18.4. The summed E-state index contributed by atoms with van der Waals surface area (Å²) in [6, 6.07) is 16.2. The molecule has 2 heterocycles. The molecule has 0 radical (unpaired) electrons. The van der Waals surface area contributed by atoms with Crippen LogP contribution in [0.15, 0.2) is 53.7 Å². The molecule has 0 saturated carbocycles. The van der Waals surface area contributed by atoms with Crippen LogP contribution < -0.4 is 5.32 Å². The lowest BCUT2D eigenvalue weighted by molar-refractivity contribution is -0.119. The predicted molar refractivity (Wildman–Crippen MR) is 111 cm³/mol. The van der Waals surface area contributed by atoms with Gasteiger partial charge in [-0.05, 0) is 43.2 Å². The average molecular weight is 392 g/mol. The van der Waals surface area contributed by atoms with Gasteiger partial charge < -0.3 is 5.32 Å². The van der Waals surface area contributed by atoms with Gasteiger partial charge in [-0.3, -0.25) is 4.79 Å². The van der Waals surface area contributed by atoms with Crippen molar-refractivity contribution in [2.75, 3.05) is 5.75 Å². The highest BCUT2D eigenvalue weighted by atomic mass is 32.2. The Morgan fingerprint density at radius 1 is 1.14 bits per heavy atom. The van der Waals surface area contributed by atoms with E-state index in [9.17, 15) is 4.79 Å². The van der Waals surface area contributed by atoms with Gasteiger partial charge in [-0.1, -0.05) is 54.2 Å². The number of rotatable bonds is 5. The molecule has 0 saturated heterocycles. The van der Waals surface area contributed by atoms with E-state index in [0.29, 0.717) is 10.9 Å². The summed E-state index contributed by atoms with van der Waals surface area (Å²) in [6.07, 6.45) is 0. The van der Waals surface area contributed by atoms with Gasteiger partial charge in [0, 0.05) is 11.4 Å². The molecular formula is C21H21N5OS. The van der Waals surface area contributed by atoms with Gasteiger partial charge in [0.2, 0.25) is 11.1 Å². The quantitative estimate of drug-likeness (QED) is 0.523. The first-order chi connectivity index (χ1) is 13.5. The predicted octanol–water partition coefficient (Wildman–Crippen LogP) is 3.86. The largest absolute Gasteiger partial charge is 0.349 e. The first-order valence-corrected chi connectivity index (χ1v) is 10.1. The molecule has 0 spiro atoms. The van der Waals surface area contributed by atoms with Gasteiger partial charge in [0.15, 0.2) is 0 Å². The number of aromatic nitrogens is 4. The lowest BCUT2D eigenvalue weighted by Crippen LogP contribution is -2.28. The summed E-state index contributed by atoms with van der Waals surface area (Å²) in [5.74, 6) is 0.763. The molecule has 7 heteroatoms. The molecule has 4 rings (SSSR count). The molecule has 1 atom stereocenters. The smallest absolute Gasteiger partial charge is 0.253 e. The molecule has 4 aromatic rings. The van der Waals surface area contributed by atoms with Gasteiger partial charge in [0.05, 0.1) is 11.8 Å². The van der Waals surface area contributed by atoms with E-state index in [0.717, 1.165) is 22.3 Å². The van der Waals surface area contributed by atoms with Crippen molar-refractivity contribution in [1.29, 1.82) is 0 Å². The van der Waals surface area contributed by atoms with E-state index in [1.807, 2.05) is 45.0 Å². The van der Waals surface area contributed by atoms with E-state index in [1.165, 1.54) is 17.1 Å². The third-order valence-electron chi connectivity index (χ3n) is 4.60. The molecule has 1 N–H and O–H groups in total. The molecule has 0 bridgehead atoms. The molecule has 2 aromatic carbocycles. The van der Waals surface area contributed by atoms with Crippen LogP contribution in [0.25, 0.3) is 16.6 Å². The fourth-order valence-corrected chi connectivity index (χ4v) is 3.96. The maximum Gasteiger partial charge on any atom is 0.253 e. The van der Waals surface area contributed by atoms with Gasteiger partial charge in [-0.25, -0.2) is 9.50 Å². The molecule has 0 aliphatic heterocycles. The zero-order valence-corrected chi connectivity index (χ0v) is 16.8. The number of aryl methyl sites for hydroxylation is 2. The summed E-state index contributed by atoms with van der Waals surface area (Å²) < 4.78 is 1.70. The summed E-state index contributed by atoms with van der Waals surface area (Å²) in [6.45, 7) is 5.89. The third kappa shape index (κ3) is 3.71. The Morgan fingerprint density at radius 2 is 1.93 bits per heavy atom. The van der Waals surface area contributed by atoms with Crippen molar-refractivity contribution in [1.82, 2.24) is 24.9 Å². The molecule has 28 heavy (non-hydrogen) atoms. The molecule has 0 unspecified atom stereocenters. The minimum Gasteiger partial charge on any atom is -0.349 e. The van der Waals surface area contributed by atoms with E-state index in [2.05, 4.69) is 44.6 Å². The highest BCUT2D eigenvalue weighted by Gasteiger charge is 2.14. The Kier molecular flexibility index (Phi) is 5.00. The average Bonchev–Trinajstić information content (AvgIpc) is 3.09. The second kappa shape index (κ2) is 7.59. The minimum absolute atomic E-state index is 0.0508. The summed E-state index contributed by atoms with van der Waals surface area (Å²) in [7, 11) is 0. The van der Waals surface area contributed by atoms with E-state index in [-0.39, 0.29) is 17.7 Å². The fraction of sp³-hybridized carbons (Fsp3) is 0.238. The number of amides is 1. The van der Waals surface area contributed by atoms with Crippen molar-refractivity contribution in [3.63, 3.8) is 0 Å². The lowest BCUT2D eigenvalue weighted by atomic mass is 10.00. The van der Waals surface area contributed by atoms with Gasteiger partial charge in [-0.2, -0.15) is 4.98 Å². The summed E-state index contributed by atoms with van der Waals surface area (Å²) in [5.41, 5.74) is 2.98. The molecule has 6 nitrogen and oxygen atoms in total. The van der Waals surface area contributed by atoms with Gasteiger partial charge in [0.1, 0.15) is 0 Å². The number of carbonyl (C=O) groups excluding carboxylic acids is 1. The van der Waals surface area contributed by atoms with Crippen LogP contribution in [0, 0.1) is 13.8 Å². The Morgan fingerprint density at radius 3 is 2.79 bits per heavy atom. The second-order valence-corrected chi connectivity index (χ2v) is 7.73. The topological polar surface area (TPSA) is 72.2 Å². The number of hydrogen-bond acceptors (Lipinski definition) is 5. The first-order valence-electron chi connectivity index (χ1n) is 9.12. The summed E-state index contributed by atoms with van der Waals surface area (Å²) in [4.78, 5) is 21.2. The van der Waals surface area contributed by atoms with Crippen LogP contribution in [0.2, 0.25) is 0 Å². The molecule has 1 amide bonds. The SMILES string of the molecule is Cc1cc(C)n2nc(SCC(=O)N[C@@H](C)c3cccc4ccccc34)nc2n1. The van der Waals surface area contributed by atoms with Crippen LogP contribution >= 0.6 is 11.8 Å².